The number of nitrogens with zero attached hydrogens (tertiary/aromatic N) is 2. The van der Waals surface area contributed by atoms with Gasteiger partial charge < -0.3 is 14.2 Å². The average Bonchev–Trinajstić information content (AvgIpc) is 3.23. The van der Waals surface area contributed by atoms with Crippen LogP contribution in [0.4, 0.5) is 0 Å². The fraction of sp³-hybridized carbons (Fsp3) is 0.100. The van der Waals surface area contributed by atoms with Gasteiger partial charge in [0.25, 0.3) is 0 Å². The first-order valence-electron chi connectivity index (χ1n) is 8.24. The van der Waals surface area contributed by atoms with Gasteiger partial charge in [-0.3, -0.25) is 0 Å². The van der Waals surface area contributed by atoms with Crippen LogP contribution in [-0.4, -0.2) is 23.2 Å². The number of aromatic nitrogens is 2. The first-order chi connectivity index (χ1) is 12.9. The lowest BCUT2D eigenvalue weighted by atomic mass is 10.2. The first-order valence-corrected chi connectivity index (χ1v) is 9.18. The van der Waals surface area contributed by atoms with Gasteiger partial charge in [0.05, 0.1) is 10.9 Å². The Kier molecular flexibility index (Phi) is 3.68. The van der Waals surface area contributed by atoms with Crippen molar-refractivity contribution < 1.29 is 14.2 Å². The van der Waals surface area contributed by atoms with E-state index in [2.05, 4.69) is 9.97 Å². The van der Waals surface area contributed by atoms with E-state index < -0.39 is 0 Å². The molecule has 5 rings (SSSR count). The van der Waals surface area contributed by atoms with Crippen LogP contribution in [0.3, 0.4) is 0 Å². The molecule has 3 heterocycles. The minimum atomic E-state index is 0.522. The fourth-order valence-electron chi connectivity index (χ4n) is 2.84. The highest BCUT2D eigenvalue weighted by Crippen LogP contribution is 2.36. The second-order valence-corrected chi connectivity index (χ2v) is 6.57. The standard InChI is InChI=1S/C20H14N2O3S/c1-2-4-16-15(3-1)20(22-19(21-16)13-7-10-26-12-13)25-14-5-6-17-18(11-14)24-9-8-23-17/h1-7,10-12H,8-9H2. The lowest BCUT2D eigenvalue weighted by molar-refractivity contribution is 0.171. The molecule has 6 heteroatoms. The molecule has 0 bridgehead atoms. The number of hydrogen-bond donors (Lipinski definition) is 0. The Bertz CT molecular complexity index is 1080. The molecule has 4 aromatic rings. The van der Waals surface area contributed by atoms with E-state index in [9.17, 15) is 0 Å². The zero-order valence-electron chi connectivity index (χ0n) is 13.7. The smallest absolute Gasteiger partial charge is 0.230 e. The van der Waals surface area contributed by atoms with Crippen LogP contribution in [0.15, 0.2) is 59.3 Å². The van der Waals surface area contributed by atoms with Gasteiger partial charge in [-0.15, -0.1) is 0 Å². The Morgan fingerprint density at radius 3 is 2.69 bits per heavy atom. The lowest BCUT2D eigenvalue weighted by Crippen LogP contribution is -2.15. The topological polar surface area (TPSA) is 53.5 Å². The number of benzene rings is 2. The quantitative estimate of drug-likeness (QED) is 0.518. The molecule has 0 fully saturated rings. The van der Waals surface area contributed by atoms with Gasteiger partial charge >= 0.3 is 0 Å². The molecule has 0 N–H and O–H groups in total. The van der Waals surface area contributed by atoms with Gasteiger partial charge in [-0.2, -0.15) is 16.3 Å². The van der Waals surface area contributed by atoms with Crippen LogP contribution < -0.4 is 14.2 Å². The molecule has 5 nitrogen and oxygen atoms in total. The third kappa shape index (κ3) is 2.74. The third-order valence-corrected chi connectivity index (χ3v) is 4.76. The Hall–Kier alpha value is -3.12. The Morgan fingerprint density at radius 1 is 0.923 bits per heavy atom. The number of thiophene rings is 1. The SMILES string of the molecule is c1ccc2c(Oc3ccc4c(c3)OCCO4)nc(-c3ccsc3)nc2c1. The van der Waals surface area contributed by atoms with Crippen LogP contribution in [0, 0.1) is 0 Å². The highest BCUT2D eigenvalue weighted by Gasteiger charge is 2.15. The molecule has 0 saturated carbocycles. The first kappa shape index (κ1) is 15.2. The maximum Gasteiger partial charge on any atom is 0.230 e. The van der Waals surface area contributed by atoms with Gasteiger partial charge in [0, 0.05) is 17.0 Å². The van der Waals surface area contributed by atoms with Crippen molar-refractivity contribution in [2.75, 3.05) is 13.2 Å². The molecule has 1 aliphatic heterocycles. The predicted molar refractivity (Wildman–Crippen MR) is 100 cm³/mol. The van der Waals surface area contributed by atoms with E-state index in [0.717, 1.165) is 22.2 Å². The van der Waals surface area contributed by atoms with Gasteiger partial charge in [-0.1, -0.05) is 12.1 Å². The van der Waals surface area contributed by atoms with E-state index in [0.29, 0.717) is 36.4 Å². The molecule has 1 aliphatic rings. The molecule has 0 saturated heterocycles. The van der Waals surface area contributed by atoms with E-state index >= 15 is 0 Å². The fourth-order valence-corrected chi connectivity index (χ4v) is 3.48. The summed E-state index contributed by atoms with van der Waals surface area (Å²) in [6.07, 6.45) is 0. The van der Waals surface area contributed by atoms with Crippen molar-refractivity contribution >= 4 is 22.2 Å². The Labute approximate surface area is 153 Å². The van der Waals surface area contributed by atoms with Gasteiger partial charge in [-0.05, 0) is 35.7 Å². The van der Waals surface area contributed by atoms with Crippen molar-refractivity contribution in [3.8, 4) is 34.5 Å². The third-order valence-electron chi connectivity index (χ3n) is 4.08. The molecule has 0 atom stereocenters. The van der Waals surface area contributed by atoms with E-state index in [-0.39, 0.29) is 0 Å². The van der Waals surface area contributed by atoms with Crippen LogP contribution in [-0.2, 0) is 0 Å². The minimum Gasteiger partial charge on any atom is -0.486 e. The van der Waals surface area contributed by atoms with E-state index in [4.69, 9.17) is 14.2 Å². The van der Waals surface area contributed by atoms with Gasteiger partial charge in [-0.25, -0.2) is 4.98 Å². The molecular weight excluding hydrogens is 348 g/mol. The summed E-state index contributed by atoms with van der Waals surface area (Å²) in [5, 5.41) is 4.90. The van der Waals surface area contributed by atoms with Crippen LogP contribution in [0.5, 0.6) is 23.1 Å². The van der Waals surface area contributed by atoms with E-state index in [1.165, 1.54) is 0 Å². The van der Waals surface area contributed by atoms with Crippen LogP contribution in [0.25, 0.3) is 22.3 Å². The zero-order chi connectivity index (χ0) is 17.3. The number of rotatable bonds is 3. The molecule has 0 aliphatic carbocycles. The Morgan fingerprint density at radius 2 is 1.81 bits per heavy atom. The number of hydrogen-bond acceptors (Lipinski definition) is 6. The summed E-state index contributed by atoms with van der Waals surface area (Å²) >= 11 is 1.61. The minimum absolute atomic E-state index is 0.522. The molecule has 2 aromatic heterocycles. The van der Waals surface area contributed by atoms with Crippen LogP contribution in [0.1, 0.15) is 0 Å². The van der Waals surface area contributed by atoms with Gasteiger partial charge in [0.2, 0.25) is 5.88 Å². The van der Waals surface area contributed by atoms with Crippen molar-refractivity contribution in [3.05, 3.63) is 59.3 Å². The molecular formula is C20H14N2O3S. The summed E-state index contributed by atoms with van der Waals surface area (Å²) in [4.78, 5) is 9.31. The van der Waals surface area contributed by atoms with Crippen molar-refractivity contribution in [2.24, 2.45) is 0 Å². The Balaban J connectivity index is 1.59. The number of fused-ring (bicyclic) bond motifs is 2. The van der Waals surface area contributed by atoms with Crippen molar-refractivity contribution in [1.82, 2.24) is 9.97 Å². The van der Waals surface area contributed by atoms with Crippen LogP contribution in [0.2, 0.25) is 0 Å². The summed E-state index contributed by atoms with van der Waals surface area (Å²) in [6.45, 7) is 1.10. The second kappa shape index (κ2) is 6.31. The van der Waals surface area contributed by atoms with Gasteiger partial charge in [0.1, 0.15) is 19.0 Å². The highest BCUT2D eigenvalue weighted by atomic mass is 32.1. The van der Waals surface area contributed by atoms with Gasteiger partial charge in [0.15, 0.2) is 17.3 Å². The summed E-state index contributed by atoms with van der Waals surface area (Å²) in [6, 6.07) is 15.4. The van der Waals surface area contributed by atoms with Crippen LogP contribution >= 0.6 is 11.3 Å². The molecule has 0 radical (unpaired) electrons. The maximum atomic E-state index is 6.11. The average molecular weight is 362 g/mol. The summed E-state index contributed by atoms with van der Waals surface area (Å²) in [5.41, 5.74) is 1.82. The molecule has 2 aromatic carbocycles. The maximum absolute atomic E-state index is 6.11. The molecule has 26 heavy (non-hydrogen) atoms. The molecule has 0 amide bonds. The van der Waals surface area contributed by atoms with E-state index in [1.807, 2.05) is 59.3 Å². The van der Waals surface area contributed by atoms with Crippen molar-refractivity contribution in [3.63, 3.8) is 0 Å². The monoisotopic (exact) mass is 362 g/mol. The highest BCUT2D eigenvalue weighted by molar-refractivity contribution is 7.08. The molecule has 0 unspecified atom stereocenters. The molecule has 0 spiro atoms. The zero-order valence-corrected chi connectivity index (χ0v) is 14.5. The van der Waals surface area contributed by atoms with Crippen molar-refractivity contribution in [1.29, 1.82) is 0 Å². The number of para-hydroxylation sites is 1. The van der Waals surface area contributed by atoms with E-state index in [1.54, 1.807) is 11.3 Å². The summed E-state index contributed by atoms with van der Waals surface area (Å²) in [7, 11) is 0. The lowest BCUT2D eigenvalue weighted by Gasteiger charge is -2.19. The number of ether oxygens (including phenoxy) is 3. The second-order valence-electron chi connectivity index (χ2n) is 5.79. The largest absolute Gasteiger partial charge is 0.486 e. The predicted octanol–water partition coefficient (Wildman–Crippen LogP) is 4.92. The van der Waals surface area contributed by atoms with Crippen molar-refractivity contribution in [2.45, 2.75) is 0 Å². The normalized spacial score (nSPS) is 12.9. The summed E-state index contributed by atoms with van der Waals surface area (Å²) in [5.74, 6) is 3.24. The molecule has 128 valence electrons. The summed E-state index contributed by atoms with van der Waals surface area (Å²) < 4.78 is 17.3.